The van der Waals surface area contributed by atoms with Crippen molar-refractivity contribution >= 4 is 11.8 Å². The summed E-state index contributed by atoms with van der Waals surface area (Å²) in [6.45, 7) is 1.19. The molecule has 0 amide bonds. The fourth-order valence-corrected chi connectivity index (χ4v) is 1.88. The van der Waals surface area contributed by atoms with Gasteiger partial charge < -0.3 is 10.6 Å². The summed E-state index contributed by atoms with van der Waals surface area (Å²) in [4.78, 5) is 8.02. The van der Waals surface area contributed by atoms with E-state index in [1.54, 1.807) is 4.68 Å². The van der Waals surface area contributed by atoms with Gasteiger partial charge in [0.2, 0.25) is 5.95 Å². The van der Waals surface area contributed by atoms with Crippen molar-refractivity contribution < 1.29 is 0 Å². The molecule has 0 fully saturated rings. The first-order valence-electron chi connectivity index (χ1n) is 6.90. The standard InChI is InChI=1S/C14H13N9/c15-8-11-9-19-13(10-18-11)16-6-7-17-14-20-21-22-23(14)12-4-2-1-3-5-12/h1-5,9-10H,6-7H2,(H,16,19)(H,17,20,22). The number of hydrogen-bond acceptors (Lipinski definition) is 8. The zero-order valence-corrected chi connectivity index (χ0v) is 12.1. The number of para-hydroxylation sites is 1. The quantitative estimate of drug-likeness (QED) is 0.643. The highest BCUT2D eigenvalue weighted by Crippen LogP contribution is 2.10. The molecule has 0 bridgehead atoms. The topological polar surface area (TPSA) is 117 Å². The number of benzene rings is 1. The van der Waals surface area contributed by atoms with Crippen molar-refractivity contribution in [2.24, 2.45) is 0 Å². The van der Waals surface area contributed by atoms with Gasteiger partial charge in [-0.15, -0.1) is 0 Å². The first-order valence-corrected chi connectivity index (χ1v) is 6.90. The van der Waals surface area contributed by atoms with Crippen molar-refractivity contribution in [2.45, 2.75) is 0 Å². The molecule has 0 saturated carbocycles. The van der Waals surface area contributed by atoms with E-state index in [0.29, 0.717) is 24.9 Å². The molecule has 0 aliphatic heterocycles. The molecule has 0 spiro atoms. The van der Waals surface area contributed by atoms with Crippen LogP contribution in [0, 0.1) is 11.3 Å². The van der Waals surface area contributed by atoms with E-state index in [4.69, 9.17) is 5.26 Å². The van der Waals surface area contributed by atoms with E-state index in [9.17, 15) is 0 Å². The SMILES string of the molecule is N#Cc1cnc(NCCNc2nnnn2-c2ccccc2)cn1. The maximum Gasteiger partial charge on any atom is 0.247 e. The van der Waals surface area contributed by atoms with Crippen molar-refractivity contribution in [1.29, 1.82) is 5.26 Å². The van der Waals surface area contributed by atoms with Gasteiger partial charge in [0.1, 0.15) is 11.9 Å². The first-order chi connectivity index (χ1) is 11.4. The lowest BCUT2D eigenvalue weighted by molar-refractivity contribution is 0.789. The van der Waals surface area contributed by atoms with Crippen molar-refractivity contribution in [2.75, 3.05) is 23.7 Å². The average Bonchev–Trinajstić information content (AvgIpc) is 3.08. The molecule has 114 valence electrons. The predicted molar refractivity (Wildman–Crippen MR) is 82.9 cm³/mol. The molecule has 0 radical (unpaired) electrons. The van der Waals surface area contributed by atoms with E-state index >= 15 is 0 Å². The largest absolute Gasteiger partial charge is 0.367 e. The number of anilines is 2. The molecular weight excluding hydrogens is 294 g/mol. The molecule has 2 aromatic heterocycles. The summed E-state index contributed by atoms with van der Waals surface area (Å²) < 4.78 is 1.63. The van der Waals surface area contributed by atoms with E-state index in [1.807, 2.05) is 36.4 Å². The molecule has 3 aromatic rings. The third-order valence-corrected chi connectivity index (χ3v) is 2.95. The van der Waals surface area contributed by atoms with Crippen LogP contribution < -0.4 is 10.6 Å². The summed E-state index contributed by atoms with van der Waals surface area (Å²) in [7, 11) is 0. The zero-order valence-electron chi connectivity index (χ0n) is 12.1. The Bertz CT molecular complexity index is 789. The van der Waals surface area contributed by atoms with Gasteiger partial charge in [-0.05, 0) is 22.6 Å². The highest BCUT2D eigenvalue weighted by Gasteiger charge is 2.06. The van der Waals surface area contributed by atoms with E-state index in [1.165, 1.54) is 12.4 Å². The fraction of sp³-hybridized carbons (Fsp3) is 0.143. The van der Waals surface area contributed by atoms with Crippen LogP contribution in [0.3, 0.4) is 0 Å². The monoisotopic (exact) mass is 307 g/mol. The van der Waals surface area contributed by atoms with Crippen molar-refractivity contribution in [3.05, 3.63) is 48.4 Å². The van der Waals surface area contributed by atoms with E-state index in [0.717, 1.165) is 5.69 Å². The summed E-state index contributed by atoms with van der Waals surface area (Å²) in [5.74, 6) is 1.16. The molecule has 1 aromatic carbocycles. The van der Waals surface area contributed by atoms with Crippen molar-refractivity contribution in [1.82, 2.24) is 30.2 Å². The van der Waals surface area contributed by atoms with Gasteiger partial charge >= 0.3 is 0 Å². The minimum Gasteiger partial charge on any atom is -0.367 e. The fourth-order valence-electron chi connectivity index (χ4n) is 1.88. The second kappa shape index (κ2) is 6.95. The van der Waals surface area contributed by atoms with E-state index < -0.39 is 0 Å². The summed E-state index contributed by atoms with van der Waals surface area (Å²) >= 11 is 0. The third-order valence-electron chi connectivity index (χ3n) is 2.95. The van der Waals surface area contributed by atoms with Gasteiger partial charge in [0.25, 0.3) is 0 Å². The Balaban J connectivity index is 1.53. The Morgan fingerprint density at radius 2 is 1.87 bits per heavy atom. The van der Waals surface area contributed by atoms with Crippen LogP contribution >= 0.6 is 0 Å². The molecule has 0 aliphatic rings. The molecule has 0 aliphatic carbocycles. The molecular formula is C14H13N9. The minimum absolute atomic E-state index is 0.288. The third kappa shape index (κ3) is 3.56. The molecule has 0 atom stereocenters. The van der Waals surface area contributed by atoms with Crippen LogP contribution in [0.25, 0.3) is 5.69 Å². The molecule has 9 heteroatoms. The maximum atomic E-state index is 8.66. The molecule has 2 heterocycles. The lowest BCUT2D eigenvalue weighted by Crippen LogP contribution is -2.17. The van der Waals surface area contributed by atoms with Gasteiger partial charge in [-0.2, -0.15) is 9.94 Å². The molecule has 3 rings (SSSR count). The smallest absolute Gasteiger partial charge is 0.247 e. The average molecular weight is 307 g/mol. The van der Waals surface area contributed by atoms with E-state index in [-0.39, 0.29) is 5.69 Å². The Morgan fingerprint density at radius 3 is 2.61 bits per heavy atom. The lowest BCUT2D eigenvalue weighted by Gasteiger charge is -2.08. The van der Waals surface area contributed by atoms with Crippen LogP contribution in [-0.4, -0.2) is 43.3 Å². The highest BCUT2D eigenvalue weighted by atomic mass is 15.6. The predicted octanol–water partition coefficient (Wildman–Crippen LogP) is 0.848. The van der Waals surface area contributed by atoms with Crippen LogP contribution in [-0.2, 0) is 0 Å². The van der Waals surface area contributed by atoms with Gasteiger partial charge in [0.05, 0.1) is 18.1 Å². The van der Waals surface area contributed by atoms with Crippen LogP contribution in [0.4, 0.5) is 11.8 Å². The zero-order chi connectivity index (χ0) is 15.9. The van der Waals surface area contributed by atoms with Gasteiger partial charge in [-0.25, -0.2) is 9.97 Å². The number of aromatic nitrogens is 6. The Morgan fingerprint density at radius 1 is 1.04 bits per heavy atom. The summed E-state index contributed by atoms with van der Waals surface area (Å²) in [5, 5.41) is 26.5. The highest BCUT2D eigenvalue weighted by molar-refractivity contribution is 5.39. The number of nitrogens with zero attached hydrogens (tertiary/aromatic N) is 7. The molecule has 9 nitrogen and oxygen atoms in total. The number of rotatable bonds is 6. The minimum atomic E-state index is 0.288. The number of hydrogen-bond donors (Lipinski definition) is 2. The second-order valence-electron chi connectivity index (χ2n) is 4.50. The van der Waals surface area contributed by atoms with Crippen LogP contribution in [0.1, 0.15) is 5.69 Å². The maximum absolute atomic E-state index is 8.66. The Labute approximate surface area is 132 Å². The van der Waals surface area contributed by atoms with Crippen molar-refractivity contribution in [3.63, 3.8) is 0 Å². The van der Waals surface area contributed by atoms with Crippen LogP contribution in [0.15, 0.2) is 42.7 Å². The van der Waals surface area contributed by atoms with Crippen molar-refractivity contribution in [3.8, 4) is 11.8 Å². The van der Waals surface area contributed by atoms with Crippen LogP contribution in [0.5, 0.6) is 0 Å². The first kappa shape index (κ1) is 14.4. The number of nitriles is 1. The van der Waals surface area contributed by atoms with Gasteiger partial charge in [0.15, 0.2) is 5.69 Å². The Kier molecular flexibility index (Phi) is 4.35. The van der Waals surface area contributed by atoms with Gasteiger partial charge in [-0.1, -0.05) is 23.3 Å². The van der Waals surface area contributed by atoms with Gasteiger partial charge in [-0.3, -0.25) is 0 Å². The summed E-state index contributed by atoms with van der Waals surface area (Å²) in [6.07, 6.45) is 2.94. The second-order valence-corrected chi connectivity index (χ2v) is 4.50. The van der Waals surface area contributed by atoms with Gasteiger partial charge in [0, 0.05) is 13.1 Å². The molecule has 2 N–H and O–H groups in total. The molecule has 0 unspecified atom stereocenters. The summed E-state index contributed by atoms with van der Waals surface area (Å²) in [5.41, 5.74) is 1.17. The summed E-state index contributed by atoms with van der Waals surface area (Å²) in [6, 6.07) is 11.5. The molecule has 0 saturated heterocycles. The lowest BCUT2D eigenvalue weighted by atomic mass is 10.3. The normalized spacial score (nSPS) is 10.0. The number of nitrogens with one attached hydrogen (secondary N) is 2. The Hall–Kier alpha value is -3.54. The number of tetrazole rings is 1. The van der Waals surface area contributed by atoms with E-state index in [2.05, 4.69) is 36.1 Å². The van der Waals surface area contributed by atoms with Crippen LogP contribution in [0.2, 0.25) is 0 Å². The molecule has 23 heavy (non-hydrogen) atoms.